The Bertz CT molecular complexity index is 591. The minimum atomic E-state index is -0.926. The van der Waals surface area contributed by atoms with Crippen LogP contribution < -0.4 is 10.8 Å². The molecule has 0 aliphatic carbocycles. The number of likely N-dealkylation sites (N-methyl/N-ethyl adjacent to an activating group) is 1. The average molecular weight is 361 g/mol. The van der Waals surface area contributed by atoms with Gasteiger partial charge >= 0.3 is 7.48 Å². The number of hydrogen-bond acceptors (Lipinski definition) is 5. The molecular formula is C19H32BN3O3. The third kappa shape index (κ3) is 6.09. The summed E-state index contributed by atoms with van der Waals surface area (Å²) >= 11 is 0. The lowest BCUT2D eigenvalue weighted by Gasteiger charge is -2.37. The summed E-state index contributed by atoms with van der Waals surface area (Å²) in [5, 5.41) is 13.1. The molecular weight excluding hydrogens is 329 g/mol. The van der Waals surface area contributed by atoms with Crippen LogP contribution in [0.3, 0.4) is 0 Å². The largest absolute Gasteiger partial charge is 0.427 e. The first-order valence-corrected chi connectivity index (χ1v) is 9.23. The zero-order valence-corrected chi connectivity index (χ0v) is 16.7. The molecule has 1 aliphatic heterocycles. The highest BCUT2D eigenvalue weighted by atomic mass is 16.5. The second kappa shape index (κ2) is 8.52. The Labute approximate surface area is 157 Å². The SMILES string of the molecule is CN1CCN(CC(=O)Nc2ccc(BOC(C)(C)C(C)(C)O)cc2)CC1. The molecule has 1 aromatic carbocycles. The normalized spacial score (nSPS) is 17.2. The predicted octanol–water partition coefficient (Wildman–Crippen LogP) is 0.415. The van der Waals surface area contributed by atoms with E-state index in [1.165, 1.54) is 0 Å². The Morgan fingerprint density at radius 1 is 1.15 bits per heavy atom. The number of benzene rings is 1. The van der Waals surface area contributed by atoms with Crippen molar-refractivity contribution in [1.82, 2.24) is 9.80 Å². The summed E-state index contributed by atoms with van der Waals surface area (Å²) in [6.07, 6.45) is 0. The molecule has 1 aromatic rings. The first-order valence-electron chi connectivity index (χ1n) is 9.23. The molecule has 144 valence electrons. The third-order valence-corrected chi connectivity index (χ3v) is 5.27. The van der Waals surface area contributed by atoms with Gasteiger partial charge in [-0.3, -0.25) is 9.69 Å². The molecule has 1 heterocycles. The van der Waals surface area contributed by atoms with Gasteiger partial charge in [-0.05, 0) is 46.9 Å². The highest BCUT2D eigenvalue weighted by molar-refractivity contribution is 6.47. The van der Waals surface area contributed by atoms with Crippen LogP contribution in [-0.2, 0) is 9.45 Å². The molecule has 26 heavy (non-hydrogen) atoms. The summed E-state index contributed by atoms with van der Waals surface area (Å²) in [7, 11) is 2.51. The lowest BCUT2D eigenvalue weighted by atomic mass is 9.82. The fourth-order valence-corrected chi connectivity index (χ4v) is 2.53. The number of amides is 1. The summed E-state index contributed by atoms with van der Waals surface area (Å²) < 4.78 is 5.86. The number of aliphatic hydroxyl groups is 1. The van der Waals surface area contributed by atoms with E-state index >= 15 is 0 Å². The Morgan fingerprint density at radius 2 is 1.73 bits per heavy atom. The second-order valence-electron chi connectivity index (χ2n) is 8.18. The van der Waals surface area contributed by atoms with Crippen molar-refractivity contribution in [2.24, 2.45) is 0 Å². The maximum atomic E-state index is 12.2. The van der Waals surface area contributed by atoms with E-state index in [1.807, 2.05) is 38.1 Å². The number of nitrogens with zero attached hydrogens (tertiary/aromatic N) is 2. The van der Waals surface area contributed by atoms with Crippen LogP contribution in [0.4, 0.5) is 5.69 Å². The van der Waals surface area contributed by atoms with Gasteiger partial charge in [0.05, 0.1) is 17.7 Å². The smallest absolute Gasteiger partial charge is 0.309 e. The van der Waals surface area contributed by atoms with E-state index < -0.39 is 11.2 Å². The maximum Gasteiger partial charge on any atom is 0.309 e. The van der Waals surface area contributed by atoms with E-state index in [9.17, 15) is 9.90 Å². The fourth-order valence-electron chi connectivity index (χ4n) is 2.53. The van der Waals surface area contributed by atoms with Crippen LogP contribution >= 0.6 is 0 Å². The van der Waals surface area contributed by atoms with Gasteiger partial charge in [0.2, 0.25) is 5.91 Å². The van der Waals surface area contributed by atoms with Gasteiger partial charge in [0.25, 0.3) is 0 Å². The molecule has 6 nitrogen and oxygen atoms in total. The molecule has 0 atom stereocenters. The predicted molar refractivity (Wildman–Crippen MR) is 107 cm³/mol. The number of nitrogens with one attached hydrogen (secondary N) is 1. The molecule has 2 rings (SSSR count). The van der Waals surface area contributed by atoms with Crippen molar-refractivity contribution < 1.29 is 14.6 Å². The van der Waals surface area contributed by atoms with Crippen molar-refractivity contribution in [3.8, 4) is 0 Å². The van der Waals surface area contributed by atoms with E-state index in [1.54, 1.807) is 13.8 Å². The van der Waals surface area contributed by atoms with Crippen molar-refractivity contribution in [2.45, 2.75) is 38.9 Å². The van der Waals surface area contributed by atoms with E-state index in [4.69, 9.17) is 4.65 Å². The zero-order valence-electron chi connectivity index (χ0n) is 16.7. The lowest BCUT2D eigenvalue weighted by Crippen LogP contribution is -2.49. The number of piperazine rings is 1. The standard InChI is InChI=1S/C19H32BN3O3/c1-18(2,25)19(3,4)26-20-15-6-8-16(9-7-15)21-17(24)14-23-12-10-22(5)11-13-23/h6-9,20,25H,10-14H2,1-5H3,(H,21,24). The number of anilines is 1. The molecule has 0 unspecified atom stereocenters. The van der Waals surface area contributed by atoms with Crippen LogP contribution in [0.1, 0.15) is 27.7 Å². The first-order chi connectivity index (χ1) is 12.1. The molecule has 0 saturated carbocycles. The molecule has 0 bridgehead atoms. The van der Waals surface area contributed by atoms with Crippen LogP contribution in [0, 0.1) is 0 Å². The van der Waals surface area contributed by atoms with Crippen molar-refractivity contribution in [2.75, 3.05) is 45.1 Å². The molecule has 0 aromatic heterocycles. The highest BCUT2D eigenvalue weighted by Crippen LogP contribution is 2.24. The van der Waals surface area contributed by atoms with Gasteiger partial charge in [-0.15, -0.1) is 0 Å². The minimum Gasteiger partial charge on any atom is -0.427 e. The molecule has 7 heteroatoms. The Balaban J connectivity index is 1.81. The van der Waals surface area contributed by atoms with Gasteiger partial charge in [0.1, 0.15) is 0 Å². The monoisotopic (exact) mass is 361 g/mol. The number of carbonyl (C=O) groups excluding carboxylic acids is 1. The fraction of sp³-hybridized carbons (Fsp3) is 0.632. The van der Waals surface area contributed by atoms with Gasteiger partial charge < -0.3 is 20.0 Å². The highest BCUT2D eigenvalue weighted by Gasteiger charge is 2.35. The summed E-state index contributed by atoms with van der Waals surface area (Å²) in [5.74, 6) is 0.0155. The minimum absolute atomic E-state index is 0.0155. The lowest BCUT2D eigenvalue weighted by molar-refractivity contribution is -0.117. The molecule has 1 saturated heterocycles. The summed E-state index contributed by atoms with van der Waals surface area (Å²) in [6.45, 7) is 11.5. The Morgan fingerprint density at radius 3 is 2.27 bits per heavy atom. The van der Waals surface area contributed by atoms with Crippen LogP contribution in [0.25, 0.3) is 0 Å². The Hall–Kier alpha value is -1.41. The van der Waals surface area contributed by atoms with Gasteiger partial charge in [0.15, 0.2) is 0 Å². The first kappa shape index (κ1) is 20.9. The Kier molecular flexibility index (Phi) is 6.85. The van der Waals surface area contributed by atoms with Crippen LogP contribution in [0.5, 0.6) is 0 Å². The van der Waals surface area contributed by atoms with Crippen LogP contribution in [0.15, 0.2) is 24.3 Å². The molecule has 0 radical (unpaired) electrons. The van der Waals surface area contributed by atoms with Gasteiger partial charge in [-0.25, -0.2) is 0 Å². The summed E-state index contributed by atoms with van der Waals surface area (Å²) in [6, 6.07) is 7.65. The van der Waals surface area contributed by atoms with E-state index in [2.05, 4.69) is 22.2 Å². The summed E-state index contributed by atoms with van der Waals surface area (Å²) in [5.41, 5.74) is 0.209. The third-order valence-electron chi connectivity index (χ3n) is 5.27. The van der Waals surface area contributed by atoms with Crippen molar-refractivity contribution >= 4 is 24.5 Å². The topological polar surface area (TPSA) is 65.0 Å². The molecule has 1 fully saturated rings. The molecule has 1 amide bonds. The summed E-state index contributed by atoms with van der Waals surface area (Å²) in [4.78, 5) is 16.6. The molecule has 2 N–H and O–H groups in total. The van der Waals surface area contributed by atoms with Gasteiger partial charge in [-0.2, -0.15) is 0 Å². The van der Waals surface area contributed by atoms with Crippen LogP contribution in [0.2, 0.25) is 0 Å². The number of hydrogen-bond donors (Lipinski definition) is 2. The van der Waals surface area contributed by atoms with E-state index in [-0.39, 0.29) is 5.91 Å². The van der Waals surface area contributed by atoms with Crippen LogP contribution in [-0.4, -0.2) is 79.3 Å². The number of rotatable bonds is 7. The maximum absolute atomic E-state index is 12.2. The number of carbonyl (C=O) groups is 1. The van der Waals surface area contributed by atoms with Crippen molar-refractivity contribution in [3.05, 3.63) is 24.3 Å². The van der Waals surface area contributed by atoms with E-state index in [0.29, 0.717) is 14.0 Å². The average Bonchev–Trinajstić information content (AvgIpc) is 2.55. The molecule has 0 spiro atoms. The zero-order chi connectivity index (χ0) is 19.4. The van der Waals surface area contributed by atoms with E-state index in [0.717, 1.165) is 37.3 Å². The van der Waals surface area contributed by atoms with Crippen molar-refractivity contribution in [3.63, 3.8) is 0 Å². The van der Waals surface area contributed by atoms with Gasteiger partial charge in [0, 0.05) is 31.9 Å². The van der Waals surface area contributed by atoms with Gasteiger partial charge in [-0.1, -0.05) is 17.6 Å². The van der Waals surface area contributed by atoms with Crippen molar-refractivity contribution in [1.29, 1.82) is 0 Å². The molecule has 1 aliphatic rings. The second-order valence-corrected chi connectivity index (χ2v) is 8.18. The quantitative estimate of drug-likeness (QED) is 0.689.